The maximum Gasteiger partial charge on any atom is 0.0406 e. The van der Waals surface area contributed by atoms with Gasteiger partial charge in [-0.3, -0.25) is 4.98 Å². The second kappa shape index (κ2) is 4.83. The summed E-state index contributed by atoms with van der Waals surface area (Å²) in [5.41, 5.74) is 2.62. The number of hydrogen-bond acceptors (Lipinski definition) is 2. The molecule has 0 amide bonds. The first-order chi connectivity index (χ1) is 6.88. The van der Waals surface area contributed by atoms with E-state index in [2.05, 4.69) is 35.8 Å². The van der Waals surface area contributed by atoms with Crippen LogP contribution in [0.2, 0.25) is 0 Å². The van der Waals surface area contributed by atoms with Crippen molar-refractivity contribution >= 4 is 11.8 Å². The second-order valence-electron chi connectivity index (χ2n) is 3.95. The third-order valence-electron chi connectivity index (χ3n) is 2.82. The Morgan fingerprint density at radius 1 is 1.50 bits per heavy atom. The van der Waals surface area contributed by atoms with Gasteiger partial charge in [0.25, 0.3) is 0 Å². The minimum atomic E-state index is 0.875. The van der Waals surface area contributed by atoms with Crippen molar-refractivity contribution in [2.45, 2.75) is 26.2 Å². The van der Waals surface area contributed by atoms with Crippen LogP contribution in [0, 0.1) is 5.92 Å². The van der Waals surface area contributed by atoms with E-state index in [1.807, 2.05) is 6.20 Å². The van der Waals surface area contributed by atoms with Gasteiger partial charge in [-0.2, -0.15) is 11.8 Å². The zero-order valence-corrected chi connectivity index (χ0v) is 9.52. The van der Waals surface area contributed by atoms with E-state index in [0.29, 0.717) is 0 Å². The van der Waals surface area contributed by atoms with E-state index in [9.17, 15) is 0 Å². The maximum absolute atomic E-state index is 4.50. The zero-order chi connectivity index (χ0) is 9.80. The van der Waals surface area contributed by atoms with Gasteiger partial charge in [-0.15, -0.1) is 0 Å². The van der Waals surface area contributed by atoms with Crippen molar-refractivity contribution in [1.29, 1.82) is 0 Å². The van der Waals surface area contributed by atoms with E-state index < -0.39 is 0 Å². The zero-order valence-electron chi connectivity index (χ0n) is 8.70. The van der Waals surface area contributed by atoms with Crippen LogP contribution >= 0.6 is 11.8 Å². The molecular weight excluding hydrogens is 190 g/mol. The van der Waals surface area contributed by atoms with Gasteiger partial charge >= 0.3 is 0 Å². The lowest BCUT2D eigenvalue weighted by Crippen LogP contribution is -2.04. The molecule has 0 aliphatic carbocycles. The van der Waals surface area contributed by atoms with Gasteiger partial charge in [0.2, 0.25) is 0 Å². The molecule has 1 aromatic heterocycles. The van der Waals surface area contributed by atoms with E-state index >= 15 is 0 Å². The summed E-state index contributed by atoms with van der Waals surface area (Å²) < 4.78 is 0. The standard InChI is InChI=1S/C12H17NS/c1-2-10-3-4-12(13-8-10)7-11-5-6-14-9-11/h3-4,8,11H,2,5-7,9H2,1H3. The number of aromatic nitrogens is 1. The summed E-state index contributed by atoms with van der Waals surface area (Å²) in [5, 5.41) is 0. The Hall–Kier alpha value is -0.500. The number of pyridine rings is 1. The molecule has 0 radical (unpaired) electrons. The summed E-state index contributed by atoms with van der Waals surface area (Å²) >= 11 is 2.08. The highest BCUT2D eigenvalue weighted by Gasteiger charge is 2.16. The number of hydrogen-bond donors (Lipinski definition) is 0. The smallest absolute Gasteiger partial charge is 0.0406 e. The molecule has 0 saturated carbocycles. The molecule has 1 fully saturated rings. The molecule has 76 valence electrons. The molecule has 14 heavy (non-hydrogen) atoms. The Kier molecular flexibility index (Phi) is 3.46. The number of nitrogens with zero attached hydrogens (tertiary/aromatic N) is 1. The molecule has 0 bridgehead atoms. The summed E-state index contributed by atoms with van der Waals surface area (Å²) in [7, 11) is 0. The molecule has 1 aliphatic heterocycles. The maximum atomic E-state index is 4.50. The van der Waals surface area contributed by atoms with Gasteiger partial charge in [0.15, 0.2) is 0 Å². The van der Waals surface area contributed by atoms with Gasteiger partial charge in [-0.1, -0.05) is 13.0 Å². The summed E-state index contributed by atoms with van der Waals surface area (Å²) in [6.07, 6.45) is 5.67. The third kappa shape index (κ3) is 2.50. The highest BCUT2D eigenvalue weighted by Crippen LogP contribution is 2.25. The van der Waals surface area contributed by atoms with Crippen LogP contribution in [0.5, 0.6) is 0 Å². The summed E-state index contributed by atoms with van der Waals surface area (Å²) in [6.45, 7) is 2.17. The van der Waals surface area contributed by atoms with Crippen LogP contribution in [0.4, 0.5) is 0 Å². The average molecular weight is 207 g/mol. The van der Waals surface area contributed by atoms with Crippen molar-refractivity contribution in [3.05, 3.63) is 29.6 Å². The molecule has 0 aromatic carbocycles. The fraction of sp³-hybridized carbons (Fsp3) is 0.583. The molecule has 1 atom stereocenters. The Labute approximate surface area is 90.3 Å². The monoisotopic (exact) mass is 207 g/mol. The Balaban J connectivity index is 1.95. The quantitative estimate of drug-likeness (QED) is 0.756. The van der Waals surface area contributed by atoms with Crippen LogP contribution in [-0.2, 0) is 12.8 Å². The predicted molar refractivity (Wildman–Crippen MR) is 62.8 cm³/mol. The highest BCUT2D eigenvalue weighted by molar-refractivity contribution is 7.99. The van der Waals surface area contributed by atoms with Crippen LogP contribution in [0.15, 0.2) is 18.3 Å². The molecular formula is C12H17NS. The summed E-state index contributed by atoms with van der Waals surface area (Å²) in [5.74, 6) is 3.55. The molecule has 1 aliphatic rings. The first kappa shape index (κ1) is 10.0. The first-order valence-electron chi connectivity index (χ1n) is 5.40. The average Bonchev–Trinajstić information content (AvgIpc) is 2.72. The van der Waals surface area contributed by atoms with Crippen molar-refractivity contribution in [2.24, 2.45) is 5.92 Å². The highest BCUT2D eigenvalue weighted by atomic mass is 32.2. The van der Waals surface area contributed by atoms with Crippen molar-refractivity contribution in [2.75, 3.05) is 11.5 Å². The largest absolute Gasteiger partial charge is 0.261 e. The van der Waals surface area contributed by atoms with E-state index in [0.717, 1.165) is 12.3 Å². The van der Waals surface area contributed by atoms with E-state index in [1.54, 1.807) is 0 Å². The lowest BCUT2D eigenvalue weighted by atomic mass is 10.0. The normalized spacial score (nSPS) is 21.4. The Morgan fingerprint density at radius 2 is 2.43 bits per heavy atom. The number of thioether (sulfide) groups is 1. The van der Waals surface area contributed by atoms with Gasteiger partial charge in [0.05, 0.1) is 0 Å². The van der Waals surface area contributed by atoms with Crippen LogP contribution in [0.25, 0.3) is 0 Å². The Morgan fingerprint density at radius 3 is 3.00 bits per heavy atom. The molecule has 1 nitrogen and oxygen atoms in total. The fourth-order valence-electron chi connectivity index (χ4n) is 1.83. The van der Waals surface area contributed by atoms with Gasteiger partial charge in [-0.05, 0) is 48.3 Å². The lowest BCUT2D eigenvalue weighted by molar-refractivity contribution is 0.586. The lowest BCUT2D eigenvalue weighted by Gasteiger charge is -2.07. The predicted octanol–water partition coefficient (Wildman–Crippen LogP) is 2.94. The van der Waals surface area contributed by atoms with Crippen molar-refractivity contribution < 1.29 is 0 Å². The van der Waals surface area contributed by atoms with E-state index in [1.165, 1.54) is 35.6 Å². The third-order valence-corrected chi connectivity index (χ3v) is 4.05. The number of aryl methyl sites for hydroxylation is 1. The fourth-order valence-corrected chi connectivity index (χ4v) is 3.11. The minimum absolute atomic E-state index is 0.875. The number of rotatable bonds is 3. The topological polar surface area (TPSA) is 12.9 Å². The summed E-state index contributed by atoms with van der Waals surface area (Å²) in [6, 6.07) is 4.41. The molecule has 2 heteroatoms. The Bertz CT molecular complexity index is 275. The van der Waals surface area contributed by atoms with Crippen LogP contribution in [-0.4, -0.2) is 16.5 Å². The minimum Gasteiger partial charge on any atom is -0.261 e. The first-order valence-corrected chi connectivity index (χ1v) is 6.55. The molecule has 1 aromatic rings. The van der Waals surface area contributed by atoms with E-state index in [-0.39, 0.29) is 0 Å². The van der Waals surface area contributed by atoms with Crippen LogP contribution in [0.3, 0.4) is 0 Å². The second-order valence-corrected chi connectivity index (χ2v) is 5.09. The van der Waals surface area contributed by atoms with Gasteiger partial charge < -0.3 is 0 Å². The van der Waals surface area contributed by atoms with Crippen molar-refractivity contribution in [3.63, 3.8) is 0 Å². The van der Waals surface area contributed by atoms with Crippen molar-refractivity contribution in [3.8, 4) is 0 Å². The van der Waals surface area contributed by atoms with E-state index in [4.69, 9.17) is 0 Å². The van der Waals surface area contributed by atoms with Gasteiger partial charge in [0.1, 0.15) is 0 Å². The van der Waals surface area contributed by atoms with Crippen molar-refractivity contribution in [1.82, 2.24) is 4.98 Å². The molecule has 1 saturated heterocycles. The molecule has 1 unspecified atom stereocenters. The summed E-state index contributed by atoms with van der Waals surface area (Å²) in [4.78, 5) is 4.50. The van der Waals surface area contributed by atoms with Crippen LogP contribution < -0.4 is 0 Å². The molecule has 2 heterocycles. The van der Waals surface area contributed by atoms with Gasteiger partial charge in [0, 0.05) is 11.9 Å². The molecule has 0 N–H and O–H groups in total. The SMILES string of the molecule is CCc1ccc(CC2CCSC2)nc1. The van der Waals surface area contributed by atoms with Crippen LogP contribution in [0.1, 0.15) is 24.6 Å². The molecule has 2 rings (SSSR count). The molecule has 0 spiro atoms. The van der Waals surface area contributed by atoms with Gasteiger partial charge in [-0.25, -0.2) is 0 Å².